The Morgan fingerprint density at radius 3 is 2.55 bits per heavy atom. The minimum absolute atomic E-state index is 0.251. The van der Waals surface area contributed by atoms with Gasteiger partial charge in [-0.25, -0.2) is 0 Å². The van der Waals surface area contributed by atoms with Gasteiger partial charge >= 0.3 is 0 Å². The lowest BCUT2D eigenvalue weighted by molar-refractivity contribution is 0.892. The van der Waals surface area contributed by atoms with Gasteiger partial charge in [0.1, 0.15) is 0 Å². The molecule has 0 N–H and O–H groups in total. The number of rotatable bonds is 1. The molecule has 2 heterocycles. The van der Waals surface area contributed by atoms with Crippen LogP contribution in [-0.4, -0.2) is 6.71 Å². The van der Waals surface area contributed by atoms with Crippen molar-refractivity contribution < 1.29 is 0 Å². The van der Waals surface area contributed by atoms with Crippen molar-refractivity contribution in [3.05, 3.63) is 149 Å². The third kappa shape index (κ3) is 2.55. The standard InChI is InChI=1S/C38H24BN/c1-2-11-29-25(8-1)22-34-38-37(29)30-12-3-4-13-31(30)39(38)32-14-5-6-15-33(32)40(34)28-20-26-18-16-23-9-7-10-24-17-19-27(21-28)36(26)35(23)24/h1-18,20-22,35H,19H2. The summed E-state index contributed by atoms with van der Waals surface area (Å²) in [6.45, 7) is 0.251. The molecule has 10 rings (SSSR count). The van der Waals surface area contributed by atoms with Crippen molar-refractivity contribution in [2.45, 2.75) is 12.3 Å². The molecule has 0 amide bonds. The zero-order chi connectivity index (χ0) is 25.9. The number of nitrogens with zero attached hydrogens (tertiary/aromatic N) is 1. The van der Waals surface area contributed by atoms with Crippen molar-refractivity contribution >= 4 is 57.0 Å². The van der Waals surface area contributed by atoms with Crippen LogP contribution in [-0.2, 0) is 6.42 Å². The summed E-state index contributed by atoms with van der Waals surface area (Å²) in [6.07, 6.45) is 14.9. The number of fused-ring (bicyclic) bond motifs is 7. The molecule has 0 fully saturated rings. The lowest BCUT2D eigenvalue weighted by atomic mass is 9.37. The first-order chi connectivity index (χ1) is 19.8. The fourth-order valence-corrected chi connectivity index (χ4v) is 8.16. The number of hydrogen-bond donors (Lipinski definition) is 0. The lowest BCUT2D eigenvalue weighted by Crippen LogP contribution is -2.54. The van der Waals surface area contributed by atoms with E-state index in [2.05, 4.69) is 132 Å². The second kappa shape index (κ2) is 7.43. The quantitative estimate of drug-likeness (QED) is 0.213. The highest BCUT2D eigenvalue weighted by atomic mass is 15.2. The van der Waals surface area contributed by atoms with Gasteiger partial charge in [-0.2, -0.15) is 0 Å². The van der Waals surface area contributed by atoms with E-state index in [1.165, 1.54) is 83.2 Å². The van der Waals surface area contributed by atoms with Crippen molar-refractivity contribution in [2.24, 2.45) is 0 Å². The maximum atomic E-state index is 2.55. The first-order valence-electron chi connectivity index (χ1n) is 14.3. The van der Waals surface area contributed by atoms with E-state index in [4.69, 9.17) is 0 Å². The molecular formula is C38H24BN. The van der Waals surface area contributed by atoms with Crippen LogP contribution in [0.25, 0.3) is 28.0 Å². The molecule has 40 heavy (non-hydrogen) atoms. The van der Waals surface area contributed by atoms with E-state index < -0.39 is 0 Å². The molecule has 0 saturated carbocycles. The maximum absolute atomic E-state index is 2.55. The van der Waals surface area contributed by atoms with Crippen LogP contribution in [0.15, 0.2) is 133 Å². The highest BCUT2D eigenvalue weighted by Crippen LogP contribution is 2.49. The molecule has 1 unspecified atom stereocenters. The molecule has 5 aliphatic rings. The van der Waals surface area contributed by atoms with Crippen LogP contribution < -0.4 is 21.3 Å². The van der Waals surface area contributed by atoms with Crippen molar-refractivity contribution in [1.29, 1.82) is 0 Å². The Morgan fingerprint density at radius 2 is 1.57 bits per heavy atom. The van der Waals surface area contributed by atoms with E-state index in [-0.39, 0.29) is 6.71 Å². The third-order valence-corrected chi connectivity index (χ3v) is 9.71. The number of benzene rings is 5. The van der Waals surface area contributed by atoms with Gasteiger partial charge in [-0.15, -0.1) is 0 Å². The predicted octanol–water partition coefficient (Wildman–Crippen LogP) is 7.21. The summed E-state index contributed by atoms with van der Waals surface area (Å²) in [5.41, 5.74) is 18.1. The molecule has 3 aliphatic carbocycles. The molecule has 0 bridgehead atoms. The van der Waals surface area contributed by atoms with Gasteiger partial charge in [-0.3, -0.25) is 0 Å². The van der Waals surface area contributed by atoms with E-state index >= 15 is 0 Å². The molecule has 0 aromatic heterocycles. The molecular weight excluding hydrogens is 481 g/mol. The van der Waals surface area contributed by atoms with Crippen molar-refractivity contribution in [3.8, 4) is 11.1 Å². The van der Waals surface area contributed by atoms with Crippen LogP contribution >= 0.6 is 0 Å². The van der Waals surface area contributed by atoms with Gasteiger partial charge in [0.15, 0.2) is 0 Å². The normalized spacial score (nSPS) is 18.1. The summed E-state index contributed by atoms with van der Waals surface area (Å²) >= 11 is 0. The van der Waals surface area contributed by atoms with Gasteiger partial charge in [0.05, 0.1) is 0 Å². The molecule has 0 saturated heterocycles. The van der Waals surface area contributed by atoms with Crippen LogP contribution in [0.4, 0.5) is 17.1 Å². The summed E-state index contributed by atoms with van der Waals surface area (Å²) in [5.74, 6) is 0.375. The van der Waals surface area contributed by atoms with Crippen LogP contribution in [0.5, 0.6) is 0 Å². The van der Waals surface area contributed by atoms with Crippen molar-refractivity contribution in [3.63, 3.8) is 0 Å². The fraction of sp³-hybridized carbons (Fsp3) is 0.0526. The molecule has 0 radical (unpaired) electrons. The number of anilines is 3. The SMILES string of the molecule is C1=CC2=CCc3cc(N4c5ccccc5B5c6ccccc6-c6c5c4cc4ccccc64)cc4c3C2C(=C1)C=C4. The summed E-state index contributed by atoms with van der Waals surface area (Å²) < 4.78 is 0. The largest absolute Gasteiger partial charge is 0.311 e. The van der Waals surface area contributed by atoms with Gasteiger partial charge in [-0.1, -0.05) is 109 Å². The average molecular weight is 505 g/mol. The first-order valence-corrected chi connectivity index (χ1v) is 14.3. The average Bonchev–Trinajstić information content (AvgIpc) is 3.36. The fourth-order valence-electron chi connectivity index (χ4n) is 8.16. The Labute approximate surface area is 234 Å². The zero-order valence-corrected chi connectivity index (χ0v) is 21.9. The number of allylic oxidation sites excluding steroid dienone is 7. The van der Waals surface area contributed by atoms with E-state index in [0.717, 1.165) is 6.42 Å². The molecule has 2 aliphatic heterocycles. The monoisotopic (exact) mass is 505 g/mol. The van der Waals surface area contributed by atoms with Crippen LogP contribution in [0.1, 0.15) is 22.6 Å². The molecule has 184 valence electrons. The number of hydrogen-bond acceptors (Lipinski definition) is 1. The minimum atomic E-state index is 0.251. The van der Waals surface area contributed by atoms with Crippen molar-refractivity contribution in [1.82, 2.24) is 0 Å². The van der Waals surface area contributed by atoms with E-state index in [1.54, 1.807) is 0 Å². The zero-order valence-electron chi connectivity index (χ0n) is 21.9. The van der Waals surface area contributed by atoms with Crippen molar-refractivity contribution in [2.75, 3.05) is 4.90 Å². The first kappa shape index (κ1) is 21.1. The Morgan fingerprint density at radius 1 is 0.725 bits per heavy atom. The third-order valence-electron chi connectivity index (χ3n) is 9.71. The summed E-state index contributed by atoms with van der Waals surface area (Å²) in [6, 6.07) is 34.4. The van der Waals surface area contributed by atoms with Crippen LogP contribution in [0.2, 0.25) is 0 Å². The van der Waals surface area contributed by atoms with Crippen LogP contribution in [0.3, 0.4) is 0 Å². The maximum Gasteiger partial charge on any atom is 0.248 e. The van der Waals surface area contributed by atoms with Gasteiger partial charge in [0.25, 0.3) is 0 Å². The smallest absolute Gasteiger partial charge is 0.248 e. The summed E-state index contributed by atoms with van der Waals surface area (Å²) in [7, 11) is 0. The van der Waals surface area contributed by atoms with E-state index in [9.17, 15) is 0 Å². The van der Waals surface area contributed by atoms with Gasteiger partial charge in [0, 0.05) is 23.0 Å². The molecule has 1 atom stereocenters. The highest BCUT2D eigenvalue weighted by Gasteiger charge is 2.43. The topological polar surface area (TPSA) is 3.24 Å². The Bertz CT molecular complexity index is 2110. The second-order valence-electron chi connectivity index (χ2n) is 11.6. The highest BCUT2D eigenvalue weighted by molar-refractivity contribution is 7.01. The second-order valence-corrected chi connectivity index (χ2v) is 11.6. The molecule has 5 aromatic rings. The molecule has 2 heteroatoms. The predicted molar refractivity (Wildman–Crippen MR) is 170 cm³/mol. The van der Waals surface area contributed by atoms with Gasteiger partial charge in [0.2, 0.25) is 6.71 Å². The number of para-hydroxylation sites is 1. The molecule has 5 aromatic carbocycles. The van der Waals surface area contributed by atoms with Gasteiger partial charge in [-0.05, 0) is 91.3 Å². The van der Waals surface area contributed by atoms with E-state index in [0.29, 0.717) is 5.92 Å². The summed E-state index contributed by atoms with van der Waals surface area (Å²) in [5, 5.41) is 2.65. The minimum Gasteiger partial charge on any atom is -0.311 e. The Hall–Kier alpha value is -4.82. The molecule has 1 nitrogen and oxygen atoms in total. The van der Waals surface area contributed by atoms with Crippen LogP contribution in [0, 0.1) is 0 Å². The Balaban J connectivity index is 1.29. The summed E-state index contributed by atoms with van der Waals surface area (Å²) in [4.78, 5) is 2.55. The van der Waals surface area contributed by atoms with E-state index in [1.807, 2.05) is 0 Å². The lowest BCUT2D eigenvalue weighted by Gasteiger charge is -2.38. The Kier molecular flexibility index (Phi) is 3.91. The van der Waals surface area contributed by atoms with Gasteiger partial charge < -0.3 is 4.90 Å². The molecule has 0 spiro atoms.